The van der Waals surface area contributed by atoms with Gasteiger partial charge in [-0.05, 0) is 31.4 Å². The Kier molecular flexibility index (Phi) is 5.62. The van der Waals surface area contributed by atoms with Crippen LogP contribution in [0.15, 0.2) is 24.8 Å². The maximum Gasteiger partial charge on any atom is 0.137 e. The van der Waals surface area contributed by atoms with Gasteiger partial charge in [-0.1, -0.05) is 23.8 Å². The summed E-state index contributed by atoms with van der Waals surface area (Å²) in [6.45, 7) is 13.8. The maximum absolute atomic E-state index is 6.07. The van der Waals surface area contributed by atoms with E-state index in [2.05, 4.69) is 32.6 Å². The highest BCUT2D eigenvalue weighted by Crippen LogP contribution is 2.26. The van der Waals surface area contributed by atoms with Crippen LogP contribution in [-0.4, -0.2) is 39.5 Å². The fourth-order valence-electron chi connectivity index (χ4n) is 2.76. The molecule has 1 aliphatic heterocycles. The van der Waals surface area contributed by atoms with Crippen LogP contribution in [0, 0.1) is 13.8 Å². The molecule has 2 rings (SSSR count). The van der Waals surface area contributed by atoms with Crippen molar-refractivity contribution in [3.8, 4) is 5.75 Å². The lowest BCUT2D eigenvalue weighted by molar-refractivity contribution is -0.908. The summed E-state index contributed by atoms with van der Waals surface area (Å²) in [5.41, 5.74) is 3.75. The standard InChI is InChI=1S/C17H25NO2/c1-4-5-16-13-14(2)12-15(3)17(16)20-11-8-18-6-9-19-10-7-18/h4,12-13H,1,5-11H2,2-3H3/p+1. The van der Waals surface area contributed by atoms with Crippen LogP contribution < -0.4 is 9.64 Å². The topological polar surface area (TPSA) is 22.9 Å². The smallest absolute Gasteiger partial charge is 0.137 e. The van der Waals surface area contributed by atoms with E-state index in [1.165, 1.54) is 16.7 Å². The van der Waals surface area contributed by atoms with E-state index in [0.717, 1.165) is 51.6 Å². The van der Waals surface area contributed by atoms with E-state index in [1.807, 2.05) is 6.08 Å². The molecule has 1 aliphatic rings. The number of hydrogen-bond donors (Lipinski definition) is 1. The number of nitrogens with one attached hydrogen (secondary N) is 1. The molecule has 3 nitrogen and oxygen atoms in total. The molecule has 0 saturated carbocycles. The van der Waals surface area contributed by atoms with E-state index >= 15 is 0 Å². The van der Waals surface area contributed by atoms with Crippen molar-refractivity contribution in [2.24, 2.45) is 0 Å². The number of morpholine rings is 1. The zero-order chi connectivity index (χ0) is 14.4. The van der Waals surface area contributed by atoms with Gasteiger partial charge in [-0.3, -0.25) is 0 Å². The number of quaternary nitrogens is 1. The van der Waals surface area contributed by atoms with Crippen molar-refractivity contribution in [2.75, 3.05) is 39.5 Å². The minimum Gasteiger partial charge on any atom is -0.487 e. The van der Waals surface area contributed by atoms with Gasteiger partial charge in [0.1, 0.15) is 32.0 Å². The molecule has 110 valence electrons. The predicted octanol–water partition coefficient (Wildman–Crippen LogP) is 1.33. The van der Waals surface area contributed by atoms with E-state index in [0.29, 0.717) is 0 Å². The van der Waals surface area contributed by atoms with Gasteiger partial charge in [0, 0.05) is 0 Å². The third-order valence-electron chi connectivity index (χ3n) is 3.76. The van der Waals surface area contributed by atoms with Crippen LogP contribution in [0.1, 0.15) is 16.7 Å². The van der Waals surface area contributed by atoms with E-state index in [1.54, 1.807) is 4.90 Å². The van der Waals surface area contributed by atoms with E-state index in [9.17, 15) is 0 Å². The second-order valence-electron chi connectivity index (χ2n) is 5.52. The third kappa shape index (κ3) is 4.09. The molecule has 1 heterocycles. The number of aryl methyl sites for hydroxylation is 2. The molecule has 0 bridgehead atoms. The van der Waals surface area contributed by atoms with E-state index in [4.69, 9.17) is 9.47 Å². The first-order valence-electron chi connectivity index (χ1n) is 7.46. The molecule has 0 unspecified atom stereocenters. The van der Waals surface area contributed by atoms with Crippen LogP contribution in [0.4, 0.5) is 0 Å². The molecule has 1 aromatic rings. The summed E-state index contributed by atoms with van der Waals surface area (Å²) in [5, 5.41) is 0. The van der Waals surface area contributed by atoms with Crippen molar-refractivity contribution in [1.29, 1.82) is 0 Å². The van der Waals surface area contributed by atoms with Gasteiger partial charge in [-0.15, -0.1) is 6.58 Å². The highest BCUT2D eigenvalue weighted by atomic mass is 16.5. The lowest BCUT2D eigenvalue weighted by Gasteiger charge is -2.24. The molecule has 0 atom stereocenters. The molecule has 0 aliphatic carbocycles. The number of benzene rings is 1. The fourth-order valence-corrected chi connectivity index (χ4v) is 2.76. The molecule has 1 aromatic carbocycles. The van der Waals surface area contributed by atoms with Gasteiger partial charge in [0.2, 0.25) is 0 Å². The van der Waals surface area contributed by atoms with Gasteiger partial charge >= 0.3 is 0 Å². The molecule has 0 aromatic heterocycles. The van der Waals surface area contributed by atoms with E-state index < -0.39 is 0 Å². The largest absolute Gasteiger partial charge is 0.487 e. The highest BCUT2D eigenvalue weighted by Gasteiger charge is 2.14. The molecular formula is C17H26NO2+. The predicted molar refractivity (Wildman–Crippen MR) is 81.7 cm³/mol. The number of rotatable bonds is 6. The third-order valence-corrected chi connectivity index (χ3v) is 3.76. The normalized spacial score (nSPS) is 16.1. The maximum atomic E-state index is 6.07. The Morgan fingerprint density at radius 2 is 2.05 bits per heavy atom. The van der Waals surface area contributed by atoms with E-state index in [-0.39, 0.29) is 0 Å². The zero-order valence-corrected chi connectivity index (χ0v) is 12.7. The monoisotopic (exact) mass is 276 g/mol. The summed E-state index contributed by atoms with van der Waals surface area (Å²) in [4.78, 5) is 1.58. The first-order chi connectivity index (χ1) is 9.70. The summed E-state index contributed by atoms with van der Waals surface area (Å²) in [6, 6.07) is 4.38. The molecule has 0 radical (unpaired) electrons. The second-order valence-corrected chi connectivity index (χ2v) is 5.52. The lowest BCUT2D eigenvalue weighted by Crippen LogP contribution is -3.14. The minimum atomic E-state index is 0.767. The van der Waals surface area contributed by atoms with Gasteiger partial charge < -0.3 is 14.4 Å². The Balaban J connectivity index is 1.95. The van der Waals surface area contributed by atoms with Crippen LogP contribution in [-0.2, 0) is 11.2 Å². The molecule has 0 spiro atoms. The number of allylic oxidation sites excluding steroid dienone is 1. The number of ether oxygens (including phenoxy) is 2. The van der Waals surface area contributed by atoms with Gasteiger partial charge in [-0.2, -0.15) is 0 Å². The molecule has 1 saturated heterocycles. The van der Waals surface area contributed by atoms with Gasteiger partial charge in [0.15, 0.2) is 0 Å². The quantitative estimate of drug-likeness (QED) is 0.792. The van der Waals surface area contributed by atoms with Crippen LogP contribution in [0.25, 0.3) is 0 Å². The Labute approximate surface area is 122 Å². The second kappa shape index (κ2) is 7.46. The lowest BCUT2D eigenvalue weighted by atomic mass is 10.0. The summed E-state index contributed by atoms with van der Waals surface area (Å²) in [6.07, 6.45) is 2.80. The van der Waals surface area contributed by atoms with Crippen LogP contribution in [0.5, 0.6) is 5.75 Å². The molecular weight excluding hydrogens is 250 g/mol. The molecule has 1 fully saturated rings. The van der Waals surface area contributed by atoms with Gasteiger partial charge in [0.05, 0.1) is 13.2 Å². The average Bonchev–Trinajstić information content (AvgIpc) is 2.43. The van der Waals surface area contributed by atoms with Crippen LogP contribution in [0.3, 0.4) is 0 Å². The SMILES string of the molecule is C=CCc1cc(C)cc(C)c1OCC[NH+]1CCOCC1. The van der Waals surface area contributed by atoms with Crippen molar-refractivity contribution in [3.63, 3.8) is 0 Å². The summed E-state index contributed by atoms with van der Waals surface area (Å²) in [5.74, 6) is 1.04. The van der Waals surface area contributed by atoms with Crippen molar-refractivity contribution in [1.82, 2.24) is 0 Å². The summed E-state index contributed by atoms with van der Waals surface area (Å²) >= 11 is 0. The highest BCUT2D eigenvalue weighted by molar-refractivity contribution is 5.44. The Morgan fingerprint density at radius 1 is 1.30 bits per heavy atom. The zero-order valence-electron chi connectivity index (χ0n) is 12.7. The van der Waals surface area contributed by atoms with Crippen LogP contribution in [0.2, 0.25) is 0 Å². The Hall–Kier alpha value is -1.32. The van der Waals surface area contributed by atoms with Crippen molar-refractivity contribution < 1.29 is 14.4 Å². The molecule has 1 N–H and O–H groups in total. The molecule has 20 heavy (non-hydrogen) atoms. The van der Waals surface area contributed by atoms with Crippen molar-refractivity contribution >= 4 is 0 Å². The van der Waals surface area contributed by atoms with Gasteiger partial charge in [0.25, 0.3) is 0 Å². The van der Waals surface area contributed by atoms with Crippen molar-refractivity contribution in [2.45, 2.75) is 20.3 Å². The number of hydrogen-bond acceptors (Lipinski definition) is 2. The van der Waals surface area contributed by atoms with Crippen molar-refractivity contribution in [3.05, 3.63) is 41.5 Å². The first-order valence-corrected chi connectivity index (χ1v) is 7.46. The minimum absolute atomic E-state index is 0.767. The summed E-state index contributed by atoms with van der Waals surface area (Å²) in [7, 11) is 0. The fraction of sp³-hybridized carbons (Fsp3) is 0.529. The summed E-state index contributed by atoms with van der Waals surface area (Å²) < 4.78 is 11.4. The van der Waals surface area contributed by atoms with Gasteiger partial charge in [-0.25, -0.2) is 0 Å². The average molecular weight is 276 g/mol. The van der Waals surface area contributed by atoms with Crippen LogP contribution >= 0.6 is 0 Å². The first kappa shape index (κ1) is 15.1. The Morgan fingerprint density at radius 3 is 2.75 bits per heavy atom. The molecule has 3 heteroatoms. The molecule has 0 amide bonds. The Bertz CT molecular complexity index is 451.